The van der Waals surface area contributed by atoms with Gasteiger partial charge in [-0.15, -0.1) is 0 Å². The lowest BCUT2D eigenvalue weighted by Gasteiger charge is -1.77. The third-order valence-corrected chi connectivity index (χ3v) is 0.635. The first-order valence-corrected chi connectivity index (χ1v) is 1.93. The van der Waals surface area contributed by atoms with Gasteiger partial charge in [-0.3, -0.25) is 4.79 Å². The molecule has 2 N–H and O–H groups in total. The summed E-state index contributed by atoms with van der Waals surface area (Å²) >= 11 is 0. The summed E-state index contributed by atoms with van der Waals surface area (Å²) in [5, 5.41) is 3.14. The highest BCUT2D eigenvalue weighted by Gasteiger charge is 2.01. The molecule has 1 aromatic rings. The minimum atomic E-state index is -0.626. The summed E-state index contributed by atoms with van der Waals surface area (Å²) in [7, 11) is 0. The Bertz CT molecular complexity index is 180. The monoisotopic (exact) mass is 111 g/mol. The number of primary amides is 1. The second kappa shape index (κ2) is 1.65. The third kappa shape index (κ3) is 0.676. The van der Waals surface area contributed by atoms with Crippen LogP contribution in [0.25, 0.3) is 0 Å². The summed E-state index contributed by atoms with van der Waals surface area (Å²) < 4.78 is 4.31. The van der Waals surface area contributed by atoms with Gasteiger partial charge in [0.2, 0.25) is 5.76 Å². The number of rotatable bonds is 1. The number of nitrogens with two attached hydrogens (primary N) is 1. The van der Waals surface area contributed by atoms with E-state index < -0.39 is 5.91 Å². The summed E-state index contributed by atoms with van der Waals surface area (Å²) in [5.74, 6) is -0.594. The summed E-state index contributed by atoms with van der Waals surface area (Å²) in [6.45, 7) is 0. The topological polar surface area (TPSA) is 69.1 Å². The summed E-state index contributed by atoms with van der Waals surface area (Å²) in [6.07, 6.45) is 2.29. The zero-order chi connectivity index (χ0) is 5.98. The number of carbonyl (C=O) groups excluding carboxylic acids is 1. The first kappa shape index (κ1) is 4.83. The smallest absolute Gasteiger partial charge is 0.287 e. The fourth-order valence-electron chi connectivity index (χ4n) is 0.303. The van der Waals surface area contributed by atoms with Gasteiger partial charge in [-0.25, -0.2) is 0 Å². The second-order valence-electron chi connectivity index (χ2n) is 1.18. The van der Waals surface area contributed by atoms with Crippen molar-refractivity contribution in [2.75, 3.05) is 0 Å². The van der Waals surface area contributed by atoms with Gasteiger partial charge in [0.1, 0.15) is 6.20 Å². The van der Waals surface area contributed by atoms with Crippen molar-refractivity contribution in [3.63, 3.8) is 0 Å². The van der Waals surface area contributed by atoms with E-state index in [1.165, 1.54) is 6.07 Å². The van der Waals surface area contributed by atoms with Gasteiger partial charge in [-0.2, -0.15) is 0 Å². The Kier molecular flexibility index (Phi) is 0.997. The molecule has 0 aromatic carbocycles. The standard InChI is InChI=1S/C4H3N2O2/c5-4(7)3-1-2-6-8-3/h1H,(H2,5,7). The molecule has 4 nitrogen and oxygen atoms in total. The molecular weight excluding hydrogens is 108 g/mol. The van der Waals surface area contributed by atoms with Crippen LogP contribution in [-0.2, 0) is 0 Å². The largest absolute Gasteiger partial charge is 0.363 e. The molecule has 0 bridgehead atoms. The summed E-state index contributed by atoms with van der Waals surface area (Å²) in [6, 6.07) is 1.28. The fourth-order valence-corrected chi connectivity index (χ4v) is 0.303. The van der Waals surface area contributed by atoms with E-state index >= 15 is 0 Å². The Hall–Kier alpha value is -1.32. The SMILES string of the molecule is NC(=O)c1c[c]no1. The van der Waals surface area contributed by atoms with Crippen molar-refractivity contribution in [1.29, 1.82) is 0 Å². The lowest BCUT2D eigenvalue weighted by atomic mass is 10.5. The average Bonchev–Trinajstić information content (AvgIpc) is 2.12. The lowest BCUT2D eigenvalue weighted by Crippen LogP contribution is -2.09. The minimum absolute atomic E-state index is 0.0324. The number of aromatic nitrogens is 1. The molecule has 0 unspecified atom stereocenters. The van der Waals surface area contributed by atoms with Crippen LogP contribution in [0.4, 0.5) is 0 Å². The molecule has 0 saturated carbocycles. The predicted molar refractivity (Wildman–Crippen MR) is 23.9 cm³/mol. The second-order valence-corrected chi connectivity index (χ2v) is 1.18. The van der Waals surface area contributed by atoms with E-state index in [9.17, 15) is 4.79 Å². The molecule has 41 valence electrons. The highest BCUT2D eigenvalue weighted by atomic mass is 16.5. The molecule has 1 aromatic heterocycles. The van der Waals surface area contributed by atoms with E-state index in [1.807, 2.05) is 0 Å². The number of amides is 1. The van der Waals surface area contributed by atoms with Gasteiger partial charge in [0.05, 0.1) is 0 Å². The maximum atomic E-state index is 10.1. The Morgan fingerprint density at radius 2 is 2.75 bits per heavy atom. The van der Waals surface area contributed by atoms with Crippen LogP contribution in [0.3, 0.4) is 0 Å². The van der Waals surface area contributed by atoms with Gasteiger partial charge >= 0.3 is 0 Å². The van der Waals surface area contributed by atoms with Crippen LogP contribution in [0.15, 0.2) is 10.6 Å². The van der Waals surface area contributed by atoms with E-state index in [0.29, 0.717) is 0 Å². The van der Waals surface area contributed by atoms with Gasteiger partial charge in [0, 0.05) is 6.07 Å². The Morgan fingerprint density at radius 3 is 3.00 bits per heavy atom. The van der Waals surface area contributed by atoms with E-state index in [4.69, 9.17) is 5.73 Å². The van der Waals surface area contributed by atoms with Gasteiger partial charge < -0.3 is 10.3 Å². The van der Waals surface area contributed by atoms with Crippen LogP contribution >= 0.6 is 0 Å². The molecule has 0 aliphatic heterocycles. The molecule has 0 aliphatic rings. The van der Waals surface area contributed by atoms with Gasteiger partial charge in [0.15, 0.2) is 0 Å². The summed E-state index contributed by atoms with van der Waals surface area (Å²) in [4.78, 5) is 10.1. The zero-order valence-corrected chi connectivity index (χ0v) is 3.92. The normalized spacial score (nSPS) is 9.00. The minimum Gasteiger partial charge on any atom is -0.363 e. The highest BCUT2D eigenvalue weighted by Crippen LogP contribution is 1.91. The first-order valence-electron chi connectivity index (χ1n) is 1.93. The van der Waals surface area contributed by atoms with Crippen molar-refractivity contribution < 1.29 is 9.32 Å². The average molecular weight is 111 g/mol. The van der Waals surface area contributed by atoms with Crippen molar-refractivity contribution in [3.05, 3.63) is 18.0 Å². The Labute approximate surface area is 45.3 Å². The Balaban J connectivity index is 2.93. The van der Waals surface area contributed by atoms with Crippen LogP contribution in [0, 0.1) is 6.20 Å². The van der Waals surface area contributed by atoms with Crippen LogP contribution in [-0.4, -0.2) is 11.1 Å². The van der Waals surface area contributed by atoms with Crippen molar-refractivity contribution in [2.24, 2.45) is 5.73 Å². The molecule has 4 heteroatoms. The van der Waals surface area contributed by atoms with Gasteiger partial charge in [-0.05, 0) is 0 Å². The van der Waals surface area contributed by atoms with Crippen molar-refractivity contribution in [1.82, 2.24) is 5.16 Å². The molecular formula is C4H3N2O2. The molecule has 0 atom stereocenters. The number of carbonyl (C=O) groups is 1. The number of nitrogens with zero attached hydrogens (tertiary/aromatic N) is 1. The van der Waals surface area contributed by atoms with Crippen molar-refractivity contribution in [2.45, 2.75) is 0 Å². The molecule has 8 heavy (non-hydrogen) atoms. The fraction of sp³-hybridized carbons (Fsp3) is 0. The third-order valence-electron chi connectivity index (χ3n) is 0.635. The zero-order valence-electron chi connectivity index (χ0n) is 3.92. The maximum Gasteiger partial charge on any atom is 0.287 e. The molecule has 1 amide bonds. The van der Waals surface area contributed by atoms with E-state index in [-0.39, 0.29) is 5.76 Å². The summed E-state index contributed by atoms with van der Waals surface area (Å²) in [5.41, 5.74) is 4.77. The molecule has 1 rings (SSSR count). The van der Waals surface area contributed by atoms with Crippen LogP contribution in [0.5, 0.6) is 0 Å². The quantitative estimate of drug-likeness (QED) is 0.534. The Morgan fingerprint density at radius 1 is 2.00 bits per heavy atom. The first-order chi connectivity index (χ1) is 3.80. The van der Waals surface area contributed by atoms with Crippen molar-refractivity contribution >= 4 is 5.91 Å². The predicted octanol–water partition coefficient (Wildman–Crippen LogP) is -0.426. The van der Waals surface area contributed by atoms with E-state index in [2.05, 4.69) is 15.9 Å². The molecule has 0 saturated heterocycles. The maximum absolute atomic E-state index is 10.1. The molecule has 0 spiro atoms. The molecule has 0 aliphatic carbocycles. The molecule has 1 radical (unpaired) electrons. The number of hydrogen-bond acceptors (Lipinski definition) is 3. The van der Waals surface area contributed by atoms with Gasteiger partial charge in [0.25, 0.3) is 5.91 Å². The molecule has 1 heterocycles. The lowest BCUT2D eigenvalue weighted by molar-refractivity contribution is 0.0965. The number of hydrogen-bond donors (Lipinski definition) is 1. The van der Waals surface area contributed by atoms with Crippen molar-refractivity contribution in [3.8, 4) is 0 Å². The van der Waals surface area contributed by atoms with E-state index in [0.717, 1.165) is 0 Å². The highest BCUT2D eigenvalue weighted by molar-refractivity contribution is 5.89. The van der Waals surface area contributed by atoms with Crippen LogP contribution < -0.4 is 5.73 Å². The van der Waals surface area contributed by atoms with Crippen LogP contribution in [0.1, 0.15) is 10.6 Å². The molecule has 0 fully saturated rings. The van der Waals surface area contributed by atoms with Crippen LogP contribution in [0.2, 0.25) is 0 Å². The van der Waals surface area contributed by atoms with Gasteiger partial charge in [-0.1, -0.05) is 5.16 Å². The van der Waals surface area contributed by atoms with E-state index in [1.54, 1.807) is 0 Å².